The van der Waals surface area contributed by atoms with Crippen molar-refractivity contribution in [1.82, 2.24) is 15.0 Å². The summed E-state index contributed by atoms with van der Waals surface area (Å²) in [7, 11) is 0. The number of nitrogens with zero attached hydrogens (tertiary/aromatic N) is 2. The Labute approximate surface area is 98.0 Å². The lowest BCUT2D eigenvalue weighted by atomic mass is 10.1. The molecule has 0 spiro atoms. The first kappa shape index (κ1) is 9.84. The fraction of sp³-hybridized carbons (Fsp3) is 0.0769. The highest BCUT2D eigenvalue weighted by atomic mass is 16.3. The third-order valence-electron chi connectivity index (χ3n) is 2.61. The molecule has 0 radical (unpaired) electrons. The van der Waals surface area contributed by atoms with Crippen LogP contribution in [0.25, 0.3) is 11.2 Å². The van der Waals surface area contributed by atoms with E-state index in [1.807, 2.05) is 24.3 Å². The Morgan fingerprint density at radius 3 is 2.71 bits per heavy atom. The average molecular weight is 225 g/mol. The predicted molar refractivity (Wildman–Crippen MR) is 64.8 cm³/mol. The van der Waals surface area contributed by atoms with Gasteiger partial charge in [0.1, 0.15) is 11.6 Å². The van der Waals surface area contributed by atoms with Crippen molar-refractivity contribution in [2.24, 2.45) is 0 Å². The van der Waals surface area contributed by atoms with Gasteiger partial charge in [-0.1, -0.05) is 12.1 Å². The van der Waals surface area contributed by atoms with Crippen molar-refractivity contribution in [3.63, 3.8) is 0 Å². The van der Waals surface area contributed by atoms with Gasteiger partial charge in [-0.05, 0) is 29.8 Å². The number of hydrogen-bond acceptors (Lipinski definition) is 3. The van der Waals surface area contributed by atoms with Crippen molar-refractivity contribution in [3.05, 3.63) is 54.0 Å². The van der Waals surface area contributed by atoms with Crippen molar-refractivity contribution in [1.29, 1.82) is 0 Å². The second-order valence-electron chi connectivity index (χ2n) is 3.90. The van der Waals surface area contributed by atoms with Gasteiger partial charge in [-0.25, -0.2) is 9.97 Å². The van der Waals surface area contributed by atoms with E-state index in [4.69, 9.17) is 0 Å². The van der Waals surface area contributed by atoms with E-state index in [-0.39, 0.29) is 5.75 Å². The molecule has 0 aliphatic rings. The van der Waals surface area contributed by atoms with Crippen LogP contribution in [0, 0.1) is 0 Å². The van der Waals surface area contributed by atoms with Gasteiger partial charge in [-0.3, -0.25) is 0 Å². The molecular formula is C13H11N3O. The summed E-state index contributed by atoms with van der Waals surface area (Å²) in [6.45, 7) is 0. The number of aromatic hydroxyl groups is 1. The topological polar surface area (TPSA) is 61.8 Å². The largest absolute Gasteiger partial charge is 0.508 e. The lowest BCUT2D eigenvalue weighted by molar-refractivity contribution is 0.475. The summed E-state index contributed by atoms with van der Waals surface area (Å²) in [4.78, 5) is 11.8. The van der Waals surface area contributed by atoms with Crippen LogP contribution in [0.3, 0.4) is 0 Å². The Balaban J connectivity index is 1.92. The highest BCUT2D eigenvalue weighted by molar-refractivity contribution is 5.69. The number of pyridine rings is 1. The fourth-order valence-corrected chi connectivity index (χ4v) is 1.79. The molecular weight excluding hydrogens is 214 g/mol. The van der Waals surface area contributed by atoms with Crippen molar-refractivity contribution in [3.8, 4) is 5.75 Å². The van der Waals surface area contributed by atoms with E-state index >= 15 is 0 Å². The molecule has 0 bridgehead atoms. The molecule has 2 heterocycles. The maximum Gasteiger partial charge on any atom is 0.177 e. The summed E-state index contributed by atoms with van der Waals surface area (Å²) >= 11 is 0. The lowest BCUT2D eigenvalue weighted by Gasteiger charge is -1.97. The number of aromatic nitrogens is 3. The Kier molecular flexibility index (Phi) is 2.26. The van der Waals surface area contributed by atoms with Gasteiger partial charge in [-0.15, -0.1) is 0 Å². The number of imidazole rings is 1. The first-order valence-electron chi connectivity index (χ1n) is 5.39. The molecule has 0 aliphatic carbocycles. The number of aromatic amines is 1. The SMILES string of the molecule is Oc1ccc(Cc2nc3ncccc3[nH]2)cc1. The van der Waals surface area contributed by atoms with Crippen LogP contribution in [0.15, 0.2) is 42.6 Å². The molecule has 3 aromatic rings. The second kappa shape index (κ2) is 3.90. The number of rotatable bonds is 2. The maximum absolute atomic E-state index is 9.20. The number of benzene rings is 1. The van der Waals surface area contributed by atoms with E-state index in [0.717, 1.165) is 22.6 Å². The first-order chi connectivity index (χ1) is 8.31. The van der Waals surface area contributed by atoms with Gasteiger partial charge in [0.15, 0.2) is 5.65 Å². The molecule has 3 rings (SSSR count). The number of H-pyrrole nitrogens is 1. The smallest absolute Gasteiger partial charge is 0.177 e. The molecule has 0 unspecified atom stereocenters. The van der Waals surface area contributed by atoms with Crippen LogP contribution in [0.1, 0.15) is 11.4 Å². The van der Waals surface area contributed by atoms with E-state index in [2.05, 4.69) is 15.0 Å². The quantitative estimate of drug-likeness (QED) is 0.703. The molecule has 0 saturated carbocycles. The van der Waals surface area contributed by atoms with Gasteiger partial charge < -0.3 is 10.1 Å². The highest BCUT2D eigenvalue weighted by Gasteiger charge is 2.03. The van der Waals surface area contributed by atoms with Crippen molar-refractivity contribution >= 4 is 11.2 Å². The molecule has 84 valence electrons. The minimum atomic E-state index is 0.278. The zero-order chi connectivity index (χ0) is 11.7. The van der Waals surface area contributed by atoms with Crippen LogP contribution in [0.2, 0.25) is 0 Å². The molecule has 4 nitrogen and oxygen atoms in total. The van der Waals surface area contributed by atoms with Gasteiger partial charge in [0, 0.05) is 12.6 Å². The van der Waals surface area contributed by atoms with Gasteiger partial charge in [0.25, 0.3) is 0 Å². The second-order valence-corrected chi connectivity index (χ2v) is 3.90. The molecule has 17 heavy (non-hydrogen) atoms. The third kappa shape index (κ3) is 1.97. The van der Waals surface area contributed by atoms with Crippen molar-refractivity contribution < 1.29 is 5.11 Å². The van der Waals surface area contributed by atoms with Crippen LogP contribution >= 0.6 is 0 Å². The molecule has 0 saturated heterocycles. The Morgan fingerprint density at radius 2 is 1.94 bits per heavy atom. The Bertz CT molecular complexity index is 610. The summed E-state index contributed by atoms with van der Waals surface area (Å²) in [6, 6.07) is 11.0. The highest BCUT2D eigenvalue weighted by Crippen LogP contribution is 2.14. The van der Waals surface area contributed by atoms with E-state index in [1.165, 1.54) is 0 Å². The van der Waals surface area contributed by atoms with Crippen LogP contribution in [0.4, 0.5) is 0 Å². The van der Waals surface area contributed by atoms with Crippen molar-refractivity contribution in [2.75, 3.05) is 0 Å². The summed E-state index contributed by atoms with van der Waals surface area (Å²) in [5, 5.41) is 9.20. The number of phenolic OH excluding ortho intramolecular Hbond substituents is 1. The maximum atomic E-state index is 9.20. The standard InChI is InChI=1S/C13H11N3O/c17-10-5-3-9(4-6-10)8-12-15-11-2-1-7-14-13(11)16-12/h1-7,17H,8H2,(H,14,15,16). The van der Waals surface area contributed by atoms with E-state index in [9.17, 15) is 5.11 Å². The fourth-order valence-electron chi connectivity index (χ4n) is 1.79. The van der Waals surface area contributed by atoms with E-state index in [1.54, 1.807) is 18.3 Å². The Hall–Kier alpha value is -2.36. The van der Waals surface area contributed by atoms with Gasteiger partial charge in [0.05, 0.1) is 5.52 Å². The van der Waals surface area contributed by atoms with Crippen LogP contribution in [0.5, 0.6) is 5.75 Å². The molecule has 2 aromatic heterocycles. The average Bonchev–Trinajstić information content (AvgIpc) is 2.74. The van der Waals surface area contributed by atoms with Crippen molar-refractivity contribution in [2.45, 2.75) is 6.42 Å². The van der Waals surface area contributed by atoms with E-state index < -0.39 is 0 Å². The summed E-state index contributed by atoms with van der Waals surface area (Å²) in [5.41, 5.74) is 2.78. The minimum absolute atomic E-state index is 0.278. The van der Waals surface area contributed by atoms with E-state index in [0.29, 0.717) is 6.42 Å². The first-order valence-corrected chi connectivity index (χ1v) is 5.39. The lowest BCUT2D eigenvalue weighted by Crippen LogP contribution is -1.89. The summed E-state index contributed by atoms with van der Waals surface area (Å²) < 4.78 is 0. The number of hydrogen-bond donors (Lipinski definition) is 2. The molecule has 0 atom stereocenters. The molecule has 1 aromatic carbocycles. The molecule has 2 N–H and O–H groups in total. The number of phenols is 1. The molecule has 0 fully saturated rings. The summed E-state index contributed by atoms with van der Waals surface area (Å²) in [5.74, 6) is 1.16. The number of fused-ring (bicyclic) bond motifs is 1. The third-order valence-corrected chi connectivity index (χ3v) is 2.61. The van der Waals surface area contributed by atoms with Gasteiger partial charge >= 0.3 is 0 Å². The van der Waals surface area contributed by atoms with Gasteiger partial charge in [0.2, 0.25) is 0 Å². The molecule has 4 heteroatoms. The minimum Gasteiger partial charge on any atom is -0.508 e. The van der Waals surface area contributed by atoms with Crippen LogP contribution < -0.4 is 0 Å². The molecule has 0 aliphatic heterocycles. The number of nitrogens with one attached hydrogen (secondary N) is 1. The zero-order valence-electron chi connectivity index (χ0n) is 9.09. The summed E-state index contributed by atoms with van der Waals surface area (Å²) in [6.07, 6.45) is 2.43. The monoisotopic (exact) mass is 225 g/mol. The Morgan fingerprint density at radius 1 is 1.12 bits per heavy atom. The zero-order valence-corrected chi connectivity index (χ0v) is 9.09. The predicted octanol–water partition coefficient (Wildman–Crippen LogP) is 2.25. The van der Waals surface area contributed by atoms with Crippen LogP contribution in [-0.2, 0) is 6.42 Å². The molecule has 0 amide bonds. The van der Waals surface area contributed by atoms with Crippen LogP contribution in [-0.4, -0.2) is 20.1 Å². The van der Waals surface area contributed by atoms with Gasteiger partial charge in [-0.2, -0.15) is 0 Å². The normalized spacial score (nSPS) is 10.8.